The summed E-state index contributed by atoms with van der Waals surface area (Å²) in [7, 11) is 6.21. The zero-order valence-electron chi connectivity index (χ0n) is 58.3. The fourth-order valence-corrected chi connectivity index (χ4v) is 8.23. The topological polar surface area (TPSA) is 75.2 Å². The van der Waals surface area contributed by atoms with Crippen LogP contribution in [0.2, 0.25) is 0 Å². The summed E-state index contributed by atoms with van der Waals surface area (Å²) in [5.41, 5.74) is 17.8. The highest BCUT2D eigenvalue weighted by molar-refractivity contribution is 5.89. The fraction of sp³-hybridized carbons (Fsp3) is 0.493. The van der Waals surface area contributed by atoms with E-state index in [1.165, 1.54) is 99.9 Å². The van der Waals surface area contributed by atoms with Gasteiger partial charge in [-0.2, -0.15) is 0 Å². The third-order valence-corrected chi connectivity index (χ3v) is 12.0. The number of aromatic nitrogens is 9. The molecule has 0 unspecified atom stereocenters. The van der Waals surface area contributed by atoms with E-state index in [9.17, 15) is 0 Å². The van der Waals surface area contributed by atoms with Crippen LogP contribution in [0.5, 0.6) is 0 Å². The van der Waals surface area contributed by atoms with Crippen molar-refractivity contribution >= 4 is 43.5 Å². The lowest BCUT2D eigenvalue weighted by Gasteiger charge is -2.01. The quantitative estimate of drug-likeness (QED) is 0.152. The highest BCUT2D eigenvalue weighted by Gasteiger charge is 2.08. The summed E-state index contributed by atoms with van der Waals surface area (Å²) >= 11 is 0. The number of pyridine rings is 2. The minimum atomic E-state index is 1.05. The highest BCUT2D eigenvalue weighted by Crippen LogP contribution is 2.24. The maximum absolute atomic E-state index is 4.30. The van der Waals surface area contributed by atoms with E-state index >= 15 is 0 Å². The van der Waals surface area contributed by atoms with Gasteiger partial charge in [-0.05, 0) is 141 Å². The van der Waals surface area contributed by atoms with E-state index in [4.69, 9.17) is 0 Å². The van der Waals surface area contributed by atoms with Gasteiger partial charge in [-0.15, -0.1) is 0 Å². The molecule has 9 nitrogen and oxygen atoms in total. The summed E-state index contributed by atoms with van der Waals surface area (Å²) in [6.07, 6.45) is 17.7. The van der Waals surface area contributed by atoms with Crippen LogP contribution in [-0.2, 0) is 21.1 Å². The highest BCUT2D eigenvalue weighted by atomic mass is 15.0. The Morgan fingerprint density at radius 3 is 1.20 bits per heavy atom. The third kappa shape index (κ3) is 23.3. The van der Waals surface area contributed by atoms with Crippen LogP contribution in [-0.4, -0.2) is 42.4 Å². The summed E-state index contributed by atoms with van der Waals surface area (Å²) in [6.45, 7) is 65.4. The Bertz CT molecular complexity index is 2620. The first-order valence-electron chi connectivity index (χ1n) is 30.5. The molecular formula is C71H121N9. The predicted octanol–water partition coefficient (Wildman–Crippen LogP) is 22.0. The molecule has 0 aliphatic carbocycles. The van der Waals surface area contributed by atoms with Gasteiger partial charge in [-0.3, -0.25) is 15.0 Å². The second-order valence-electron chi connectivity index (χ2n) is 16.2. The van der Waals surface area contributed by atoms with Gasteiger partial charge in [0, 0.05) is 132 Å². The van der Waals surface area contributed by atoms with Gasteiger partial charge in [0.2, 0.25) is 0 Å². The first-order chi connectivity index (χ1) is 38.5. The van der Waals surface area contributed by atoms with Gasteiger partial charge in [0.15, 0.2) is 0 Å². The number of aryl methyl sites for hydroxylation is 15. The van der Waals surface area contributed by atoms with E-state index in [-0.39, 0.29) is 0 Å². The Morgan fingerprint density at radius 1 is 0.325 bits per heavy atom. The molecule has 9 aromatic heterocycles. The minimum Gasteiger partial charge on any atom is -0.353 e. The molecule has 0 saturated carbocycles. The molecule has 0 saturated heterocycles. The van der Waals surface area contributed by atoms with Gasteiger partial charge >= 0.3 is 0 Å². The summed E-state index contributed by atoms with van der Waals surface area (Å²) in [5, 5.41) is 6.61. The number of hydrogen-bond acceptors (Lipinski definition) is 4. The Kier molecular flexibility index (Phi) is 48.7. The number of nitrogens with zero attached hydrogens (tertiary/aromatic N) is 9. The van der Waals surface area contributed by atoms with Crippen molar-refractivity contribution in [3.05, 3.63) is 166 Å². The molecule has 450 valence electrons. The predicted molar refractivity (Wildman–Crippen MR) is 365 cm³/mol. The molecule has 0 radical (unpaired) electrons. The lowest BCUT2D eigenvalue weighted by molar-refractivity contribution is 0.888. The van der Waals surface area contributed by atoms with E-state index in [0.717, 1.165) is 11.3 Å². The Labute approximate surface area is 492 Å². The first-order valence-corrected chi connectivity index (χ1v) is 30.5. The zero-order valence-corrected chi connectivity index (χ0v) is 58.3. The lowest BCUT2D eigenvalue weighted by atomic mass is 10.1. The number of benzene rings is 1. The van der Waals surface area contributed by atoms with Crippen molar-refractivity contribution in [2.24, 2.45) is 21.1 Å². The first kappa shape index (κ1) is 82.4. The summed E-state index contributed by atoms with van der Waals surface area (Å²) in [5.74, 6) is 1.05. The van der Waals surface area contributed by atoms with E-state index in [2.05, 4.69) is 195 Å². The van der Waals surface area contributed by atoms with Gasteiger partial charge in [-0.25, -0.2) is 4.98 Å². The molecule has 1 aromatic carbocycles. The van der Waals surface area contributed by atoms with Crippen molar-refractivity contribution in [2.75, 3.05) is 0 Å². The van der Waals surface area contributed by atoms with Crippen LogP contribution in [0.3, 0.4) is 0 Å². The molecule has 10 rings (SSSR count). The molecule has 80 heavy (non-hydrogen) atoms. The van der Waals surface area contributed by atoms with Gasteiger partial charge in [0.1, 0.15) is 5.82 Å². The van der Waals surface area contributed by atoms with Crippen molar-refractivity contribution in [1.82, 2.24) is 42.4 Å². The van der Waals surface area contributed by atoms with Gasteiger partial charge in [0.25, 0.3) is 0 Å². The van der Waals surface area contributed by atoms with Crippen LogP contribution in [0.1, 0.15) is 206 Å². The largest absolute Gasteiger partial charge is 0.353 e. The molecular weight excluding hydrogens is 979 g/mol. The zero-order chi connectivity index (χ0) is 63.6. The lowest BCUT2D eigenvalue weighted by Crippen LogP contribution is -1.95. The van der Waals surface area contributed by atoms with Crippen molar-refractivity contribution in [2.45, 2.75) is 222 Å². The van der Waals surface area contributed by atoms with Crippen molar-refractivity contribution < 1.29 is 0 Å². The number of fused-ring (bicyclic) bond motifs is 5. The summed E-state index contributed by atoms with van der Waals surface area (Å²) in [6, 6.07) is 14.9. The van der Waals surface area contributed by atoms with E-state index in [0.29, 0.717) is 0 Å². The minimum absolute atomic E-state index is 1.05. The third-order valence-electron chi connectivity index (χ3n) is 12.0. The molecule has 0 N–H and O–H groups in total. The number of rotatable bonds is 0. The van der Waals surface area contributed by atoms with E-state index < -0.39 is 0 Å². The van der Waals surface area contributed by atoms with Crippen LogP contribution < -0.4 is 0 Å². The standard InChI is InChI=1S/C11H13N.4C10H12N2.10C2H6/c1-8-5-4-6-10-7-12(3)9(2)11(8)10;1-7-4-11-5-9-6-12(3)8(2)10(7)9;1-7-4-10-6-11-5-8(2)12(10)9(7)3;1-7-6-10-4-5-11-9(3)12(10)8(7)2;1-7-4-5-11-9-6-12(3)8(2)10(7)9;10*1-2/h4-7H,1-3H3;4*4-6H,1-3H3;10*1-2H3. The van der Waals surface area contributed by atoms with Crippen LogP contribution in [0.4, 0.5) is 0 Å². The maximum atomic E-state index is 4.30. The summed E-state index contributed by atoms with van der Waals surface area (Å²) < 4.78 is 10.8. The normalized spacial score (nSPS) is 8.94. The van der Waals surface area contributed by atoms with Gasteiger partial charge in [-0.1, -0.05) is 157 Å². The molecule has 9 heteroatoms. The SMILES string of the molecule is CC.CC.CC.CC.CC.CC.CC.CC.CC.CC.Cc1cc2ccnc(C)n2c1C.Cc1cc2cncc(C)n2c1C.Cc1cccc2cn(C)c(C)c12.Cc1ccnc2cn(C)c(C)c12.Cc1cncc2cn(C)c(C)c12. The molecule has 0 atom stereocenters. The average Bonchev–Trinajstić information content (AvgIpc) is 4.26. The van der Waals surface area contributed by atoms with Gasteiger partial charge in [0.05, 0.1) is 17.2 Å². The maximum Gasteiger partial charge on any atom is 0.110 e. The molecule has 9 heterocycles. The van der Waals surface area contributed by atoms with Gasteiger partial charge < -0.3 is 22.5 Å². The Balaban J connectivity index is -0.000000271. The molecule has 10 aromatic rings. The molecule has 0 amide bonds. The van der Waals surface area contributed by atoms with E-state index in [1.54, 1.807) is 0 Å². The van der Waals surface area contributed by atoms with E-state index in [1.807, 2.05) is 189 Å². The monoisotopic (exact) mass is 1100 g/mol. The second kappa shape index (κ2) is 47.3. The van der Waals surface area contributed by atoms with Crippen LogP contribution in [0.25, 0.3) is 43.5 Å². The Morgan fingerprint density at radius 2 is 0.738 bits per heavy atom. The smallest absolute Gasteiger partial charge is 0.110 e. The fourth-order valence-electron chi connectivity index (χ4n) is 8.23. The molecule has 0 fully saturated rings. The molecule has 0 aliphatic heterocycles. The molecule has 0 aliphatic rings. The number of hydrogen-bond donors (Lipinski definition) is 0. The molecule has 0 spiro atoms. The van der Waals surface area contributed by atoms with Crippen LogP contribution in [0, 0.1) is 83.1 Å². The van der Waals surface area contributed by atoms with Crippen molar-refractivity contribution in [1.29, 1.82) is 0 Å². The van der Waals surface area contributed by atoms with Crippen molar-refractivity contribution in [3.8, 4) is 0 Å². The van der Waals surface area contributed by atoms with Crippen LogP contribution in [0.15, 0.2) is 98.2 Å². The average molecular weight is 1100 g/mol. The van der Waals surface area contributed by atoms with Crippen LogP contribution >= 0.6 is 0 Å². The van der Waals surface area contributed by atoms with Crippen molar-refractivity contribution in [3.63, 3.8) is 0 Å². The Hall–Kier alpha value is -6.48. The summed E-state index contributed by atoms with van der Waals surface area (Å²) in [4.78, 5) is 16.8. The second-order valence-corrected chi connectivity index (χ2v) is 16.2. The molecule has 0 bridgehead atoms.